The van der Waals surface area contributed by atoms with E-state index in [1.807, 2.05) is 44.2 Å². The summed E-state index contributed by atoms with van der Waals surface area (Å²) in [6.45, 7) is 3.60. The molecule has 0 aliphatic carbocycles. The normalized spacial score (nSPS) is 11.9. The molecule has 236 valence electrons. The Labute approximate surface area is 283 Å². The van der Waals surface area contributed by atoms with Gasteiger partial charge in [0.1, 0.15) is 12.6 Å². The number of nitrogens with zero attached hydrogens (tertiary/aromatic N) is 2. The minimum atomic E-state index is -4.20. The van der Waals surface area contributed by atoms with Gasteiger partial charge in [-0.1, -0.05) is 106 Å². The van der Waals surface area contributed by atoms with Crippen LogP contribution in [0.1, 0.15) is 30.0 Å². The van der Waals surface area contributed by atoms with Crippen molar-refractivity contribution in [2.24, 2.45) is 0 Å². The number of hydrogen-bond acceptors (Lipinski definition) is 4. The van der Waals surface area contributed by atoms with E-state index in [0.29, 0.717) is 33.0 Å². The molecule has 11 heteroatoms. The van der Waals surface area contributed by atoms with Crippen LogP contribution in [0.25, 0.3) is 0 Å². The van der Waals surface area contributed by atoms with Gasteiger partial charge in [0.05, 0.1) is 10.6 Å². The van der Waals surface area contributed by atoms with E-state index in [2.05, 4.69) is 21.2 Å². The Morgan fingerprint density at radius 2 is 1.62 bits per heavy atom. The van der Waals surface area contributed by atoms with Gasteiger partial charge in [-0.25, -0.2) is 8.42 Å². The lowest BCUT2D eigenvalue weighted by atomic mass is 10.0. The molecule has 0 bridgehead atoms. The van der Waals surface area contributed by atoms with Crippen molar-refractivity contribution < 1.29 is 18.0 Å². The molecule has 2 amide bonds. The van der Waals surface area contributed by atoms with Crippen LogP contribution in [0, 0.1) is 6.92 Å². The molecule has 4 aromatic carbocycles. The Kier molecular flexibility index (Phi) is 12.1. The maximum Gasteiger partial charge on any atom is 0.264 e. The molecule has 1 atom stereocenters. The number of benzene rings is 4. The highest BCUT2D eigenvalue weighted by atomic mass is 79.9. The standard InChI is InChI=1S/C34H34BrCl2N3O4S/c1-3-18-38-34(42)32(19-25-8-5-4-6-9-25)39(22-26-14-15-28(36)21-31(26)37)33(41)23-40(29-11-7-10-27(35)20-29)45(43,44)30-16-12-24(2)13-17-30/h4-17,20-21,32H,3,18-19,22-23H2,1-2H3,(H,38,42)/t32-/m1/s1. The van der Waals surface area contributed by atoms with E-state index < -0.39 is 28.5 Å². The zero-order valence-electron chi connectivity index (χ0n) is 24.9. The molecule has 1 N–H and O–H groups in total. The second-order valence-corrected chi connectivity index (χ2v) is 14.2. The van der Waals surface area contributed by atoms with Gasteiger partial charge in [0.15, 0.2) is 0 Å². The molecule has 0 radical (unpaired) electrons. The van der Waals surface area contributed by atoms with E-state index in [-0.39, 0.29) is 29.5 Å². The summed E-state index contributed by atoms with van der Waals surface area (Å²) in [6.07, 6.45) is 0.904. The van der Waals surface area contributed by atoms with E-state index in [4.69, 9.17) is 23.2 Å². The molecular formula is C34H34BrCl2N3O4S. The lowest BCUT2D eigenvalue weighted by Crippen LogP contribution is -2.53. The molecule has 0 unspecified atom stereocenters. The summed E-state index contributed by atoms with van der Waals surface area (Å²) in [5, 5.41) is 3.67. The largest absolute Gasteiger partial charge is 0.354 e. The summed E-state index contributed by atoms with van der Waals surface area (Å²) in [4.78, 5) is 29.7. The Balaban J connectivity index is 1.82. The number of carbonyl (C=O) groups excluding carboxylic acids is 2. The van der Waals surface area contributed by atoms with Gasteiger partial charge < -0.3 is 10.2 Å². The first kappa shape index (κ1) is 34.5. The van der Waals surface area contributed by atoms with Gasteiger partial charge in [-0.05, 0) is 66.9 Å². The minimum absolute atomic E-state index is 0.0368. The van der Waals surface area contributed by atoms with Crippen LogP contribution in [0.2, 0.25) is 10.0 Å². The average Bonchev–Trinajstić information content (AvgIpc) is 3.01. The average molecular weight is 732 g/mol. The van der Waals surface area contributed by atoms with E-state index in [1.54, 1.807) is 54.6 Å². The molecule has 45 heavy (non-hydrogen) atoms. The Hall–Kier alpha value is -3.37. The Bertz CT molecular complexity index is 1740. The third-order valence-corrected chi connectivity index (χ3v) is 10.0. The van der Waals surface area contributed by atoms with Gasteiger partial charge >= 0.3 is 0 Å². The molecule has 7 nitrogen and oxygen atoms in total. The topological polar surface area (TPSA) is 86.8 Å². The molecular weight excluding hydrogens is 697 g/mol. The number of hydrogen-bond donors (Lipinski definition) is 1. The number of aryl methyl sites for hydroxylation is 1. The highest BCUT2D eigenvalue weighted by molar-refractivity contribution is 9.10. The molecule has 0 heterocycles. The van der Waals surface area contributed by atoms with Crippen LogP contribution in [-0.4, -0.2) is 44.3 Å². The van der Waals surface area contributed by atoms with Crippen molar-refractivity contribution in [1.82, 2.24) is 10.2 Å². The molecule has 4 aromatic rings. The minimum Gasteiger partial charge on any atom is -0.354 e. The fraction of sp³-hybridized carbons (Fsp3) is 0.235. The van der Waals surface area contributed by atoms with Gasteiger partial charge in [0, 0.05) is 34.0 Å². The summed E-state index contributed by atoms with van der Waals surface area (Å²) in [6, 6.07) is 26.5. The van der Waals surface area contributed by atoms with E-state index >= 15 is 0 Å². The number of carbonyl (C=O) groups is 2. The van der Waals surface area contributed by atoms with Crippen molar-refractivity contribution in [3.05, 3.63) is 128 Å². The predicted molar refractivity (Wildman–Crippen MR) is 184 cm³/mol. The maximum atomic E-state index is 14.5. The Morgan fingerprint density at radius 1 is 0.911 bits per heavy atom. The number of halogens is 3. The first-order chi connectivity index (χ1) is 21.5. The van der Waals surface area contributed by atoms with Gasteiger partial charge in [0.25, 0.3) is 10.0 Å². The monoisotopic (exact) mass is 729 g/mol. The quantitative estimate of drug-likeness (QED) is 0.155. The summed E-state index contributed by atoms with van der Waals surface area (Å²) in [7, 11) is -4.20. The zero-order chi connectivity index (χ0) is 32.6. The van der Waals surface area contributed by atoms with Crippen molar-refractivity contribution >= 4 is 66.7 Å². The van der Waals surface area contributed by atoms with Crippen LogP contribution in [0.15, 0.2) is 106 Å². The maximum absolute atomic E-state index is 14.5. The number of nitrogens with one attached hydrogen (secondary N) is 1. The number of amides is 2. The van der Waals surface area contributed by atoms with Crippen molar-refractivity contribution in [3.63, 3.8) is 0 Å². The molecule has 0 aromatic heterocycles. The van der Waals surface area contributed by atoms with Crippen LogP contribution in [0.5, 0.6) is 0 Å². The van der Waals surface area contributed by atoms with Crippen LogP contribution >= 0.6 is 39.1 Å². The number of rotatable bonds is 13. The first-order valence-electron chi connectivity index (χ1n) is 14.4. The van der Waals surface area contributed by atoms with Gasteiger partial charge in [-0.15, -0.1) is 0 Å². The van der Waals surface area contributed by atoms with Crippen molar-refractivity contribution in [3.8, 4) is 0 Å². The van der Waals surface area contributed by atoms with E-state index in [9.17, 15) is 18.0 Å². The van der Waals surface area contributed by atoms with E-state index in [0.717, 1.165) is 15.4 Å². The van der Waals surface area contributed by atoms with Crippen molar-refractivity contribution in [2.45, 2.75) is 44.2 Å². The molecule has 4 rings (SSSR count). The van der Waals surface area contributed by atoms with E-state index in [1.165, 1.54) is 17.0 Å². The van der Waals surface area contributed by atoms with Gasteiger partial charge in [-0.3, -0.25) is 13.9 Å². The molecule has 0 saturated carbocycles. The third-order valence-electron chi connectivity index (χ3n) is 7.16. The second kappa shape index (κ2) is 15.8. The third kappa shape index (κ3) is 9.10. The van der Waals surface area contributed by atoms with Crippen LogP contribution in [-0.2, 0) is 32.6 Å². The number of sulfonamides is 1. The van der Waals surface area contributed by atoms with Crippen LogP contribution in [0.3, 0.4) is 0 Å². The van der Waals surface area contributed by atoms with Gasteiger partial charge in [-0.2, -0.15) is 0 Å². The predicted octanol–water partition coefficient (Wildman–Crippen LogP) is 7.43. The van der Waals surface area contributed by atoms with Crippen molar-refractivity contribution in [1.29, 1.82) is 0 Å². The summed E-state index contributed by atoms with van der Waals surface area (Å²) >= 11 is 16.1. The fourth-order valence-corrected chi connectivity index (χ4v) is 7.01. The lowest BCUT2D eigenvalue weighted by molar-refractivity contribution is -0.140. The Morgan fingerprint density at radius 3 is 2.27 bits per heavy atom. The molecule has 0 fully saturated rings. The molecule has 0 aliphatic heterocycles. The smallest absolute Gasteiger partial charge is 0.264 e. The van der Waals surface area contributed by atoms with Crippen molar-refractivity contribution in [2.75, 3.05) is 17.4 Å². The number of anilines is 1. The van der Waals surface area contributed by atoms with Crippen LogP contribution in [0.4, 0.5) is 5.69 Å². The second-order valence-electron chi connectivity index (χ2n) is 10.6. The lowest BCUT2D eigenvalue weighted by Gasteiger charge is -2.34. The summed E-state index contributed by atoms with van der Waals surface area (Å²) < 4.78 is 30.0. The molecule has 0 spiro atoms. The fourth-order valence-electron chi connectivity index (χ4n) is 4.75. The SMILES string of the molecule is CCCNC(=O)[C@@H](Cc1ccccc1)N(Cc1ccc(Cl)cc1Cl)C(=O)CN(c1cccc(Br)c1)S(=O)(=O)c1ccc(C)cc1. The molecule has 0 saturated heterocycles. The molecule has 0 aliphatic rings. The highest BCUT2D eigenvalue weighted by Crippen LogP contribution is 2.29. The van der Waals surface area contributed by atoms with Gasteiger partial charge in [0.2, 0.25) is 11.8 Å². The van der Waals surface area contributed by atoms with Crippen LogP contribution < -0.4 is 9.62 Å². The highest BCUT2D eigenvalue weighted by Gasteiger charge is 2.35. The summed E-state index contributed by atoms with van der Waals surface area (Å²) in [5.41, 5.74) is 2.58. The zero-order valence-corrected chi connectivity index (χ0v) is 28.8. The first-order valence-corrected chi connectivity index (χ1v) is 17.4. The summed E-state index contributed by atoms with van der Waals surface area (Å²) in [5.74, 6) is -0.932.